The third-order valence-electron chi connectivity index (χ3n) is 4.90. The predicted molar refractivity (Wildman–Crippen MR) is 88.1 cm³/mol. The van der Waals surface area contributed by atoms with E-state index in [-0.39, 0.29) is 29.9 Å². The first kappa shape index (κ1) is 17.0. The van der Waals surface area contributed by atoms with Gasteiger partial charge in [-0.25, -0.2) is 4.39 Å². The van der Waals surface area contributed by atoms with Crippen LogP contribution in [0.3, 0.4) is 0 Å². The van der Waals surface area contributed by atoms with Gasteiger partial charge in [0.05, 0.1) is 5.56 Å². The lowest BCUT2D eigenvalue weighted by Crippen LogP contribution is -2.33. The highest BCUT2D eigenvalue weighted by molar-refractivity contribution is 5.95. The Morgan fingerprint density at radius 1 is 1.32 bits per heavy atom. The van der Waals surface area contributed by atoms with Gasteiger partial charge in [-0.1, -0.05) is 0 Å². The Labute approximate surface area is 136 Å². The molecule has 1 saturated carbocycles. The lowest BCUT2D eigenvalue weighted by atomic mass is 9.98. The molecule has 0 aromatic heterocycles. The van der Waals surface area contributed by atoms with Gasteiger partial charge in [0, 0.05) is 38.9 Å². The van der Waals surface area contributed by atoms with Crippen molar-refractivity contribution in [2.45, 2.75) is 18.9 Å². The van der Waals surface area contributed by atoms with Crippen molar-refractivity contribution in [2.24, 2.45) is 17.6 Å². The van der Waals surface area contributed by atoms with Gasteiger partial charge >= 0.3 is 0 Å². The summed E-state index contributed by atoms with van der Waals surface area (Å²) < 4.78 is 14.2. The number of nitrogens with two attached hydrogens (primary N) is 1. The molecular weight excluding hydrogens is 305 g/mol. The molecule has 3 atom stereocenters. The minimum Gasteiger partial charge on any atom is -0.378 e. The van der Waals surface area contributed by atoms with Crippen LogP contribution in [0.25, 0.3) is 0 Å². The average Bonchev–Trinajstić information content (AvgIpc) is 3.00. The molecule has 1 aliphatic heterocycles. The smallest absolute Gasteiger partial charge is 0.256 e. The summed E-state index contributed by atoms with van der Waals surface area (Å²) in [5.41, 5.74) is 7.00. The topological polar surface area (TPSA) is 49.6 Å². The fraction of sp³-hybridized carbons (Fsp3) is 0.562. The molecule has 1 saturated heterocycles. The van der Waals surface area contributed by atoms with E-state index in [1.165, 1.54) is 6.07 Å². The first-order valence-electron chi connectivity index (χ1n) is 7.49. The summed E-state index contributed by atoms with van der Waals surface area (Å²) in [6.45, 7) is 1.38. The largest absolute Gasteiger partial charge is 0.378 e. The molecule has 2 aliphatic rings. The summed E-state index contributed by atoms with van der Waals surface area (Å²) in [6, 6.07) is 4.96. The molecule has 1 aromatic carbocycles. The maximum atomic E-state index is 14.2. The van der Waals surface area contributed by atoms with E-state index in [0.717, 1.165) is 18.5 Å². The maximum Gasteiger partial charge on any atom is 0.256 e. The van der Waals surface area contributed by atoms with E-state index < -0.39 is 5.82 Å². The first-order valence-corrected chi connectivity index (χ1v) is 7.49. The van der Waals surface area contributed by atoms with Crippen LogP contribution >= 0.6 is 12.4 Å². The van der Waals surface area contributed by atoms with Crippen molar-refractivity contribution in [1.82, 2.24) is 4.90 Å². The number of hydrogen-bond donors (Lipinski definition) is 1. The highest BCUT2D eigenvalue weighted by Crippen LogP contribution is 2.37. The van der Waals surface area contributed by atoms with Gasteiger partial charge in [-0.05, 0) is 42.9 Å². The number of likely N-dealkylation sites (tertiary alicyclic amines) is 1. The molecule has 0 bridgehead atoms. The van der Waals surface area contributed by atoms with Crippen molar-refractivity contribution < 1.29 is 9.18 Å². The number of carbonyl (C=O) groups is 1. The Kier molecular flexibility index (Phi) is 4.97. The van der Waals surface area contributed by atoms with Crippen LogP contribution in [0.4, 0.5) is 10.1 Å². The van der Waals surface area contributed by atoms with E-state index in [0.29, 0.717) is 24.9 Å². The minimum atomic E-state index is -0.451. The fourth-order valence-electron chi connectivity index (χ4n) is 3.60. The molecule has 6 heteroatoms. The van der Waals surface area contributed by atoms with Crippen molar-refractivity contribution in [3.05, 3.63) is 29.6 Å². The Balaban J connectivity index is 0.00000176. The van der Waals surface area contributed by atoms with E-state index in [2.05, 4.69) is 0 Å². The van der Waals surface area contributed by atoms with Crippen LogP contribution in [0.15, 0.2) is 18.2 Å². The van der Waals surface area contributed by atoms with E-state index >= 15 is 0 Å². The monoisotopic (exact) mass is 327 g/mol. The van der Waals surface area contributed by atoms with Crippen LogP contribution in [0.5, 0.6) is 0 Å². The fourth-order valence-corrected chi connectivity index (χ4v) is 3.60. The number of fused-ring (bicyclic) bond motifs is 1. The summed E-state index contributed by atoms with van der Waals surface area (Å²) in [5, 5.41) is 0. The second kappa shape index (κ2) is 6.42. The summed E-state index contributed by atoms with van der Waals surface area (Å²) in [7, 11) is 3.69. The number of amides is 1. The lowest BCUT2D eigenvalue weighted by molar-refractivity contribution is 0.0775. The van der Waals surface area contributed by atoms with Crippen LogP contribution in [0.2, 0.25) is 0 Å². The number of halogens is 2. The van der Waals surface area contributed by atoms with Crippen LogP contribution in [-0.2, 0) is 0 Å². The number of carbonyl (C=O) groups excluding carboxylic acids is 1. The van der Waals surface area contributed by atoms with Crippen LogP contribution in [0, 0.1) is 17.7 Å². The van der Waals surface area contributed by atoms with Crippen molar-refractivity contribution >= 4 is 24.0 Å². The van der Waals surface area contributed by atoms with Crippen molar-refractivity contribution in [3.63, 3.8) is 0 Å². The molecule has 3 unspecified atom stereocenters. The van der Waals surface area contributed by atoms with Gasteiger partial charge in [0.25, 0.3) is 5.91 Å². The van der Waals surface area contributed by atoms with Crippen LogP contribution in [0.1, 0.15) is 23.2 Å². The molecule has 0 spiro atoms. The molecule has 122 valence electrons. The molecule has 4 nitrogen and oxygen atoms in total. The third kappa shape index (κ3) is 2.92. The van der Waals surface area contributed by atoms with Gasteiger partial charge < -0.3 is 15.5 Å². The summed E-state index contributed by atoms with van der Waals surface area (Å²) in [5.74, 6) is 0.220. The summed E-state index contributed by atoms with van der Waals surface area (Å²) in [6.07, 6.45) is 2.13. The second-order valence-electron chi connectivity index (χ2n) is 6.43. The van der Waals surface area contributed by atoms with E-state index in [1.807, 2.05) is 19.0 Å². The number of anilines is 1. The number of hydrogen-bond acceptors (Lipinski definition) is 3. The second-order valence-corrected chi connectivity index (χ2v) is 6.43. The zero-order chi connectivity index (χ0) is 15.1. The number of rotatable bonds is 2. The Hall–Kier alpha value is -1.33. The maximum absolute atomic E-state index is 14.2. The predicted octanol–water partition coefficient (Wildman–Crippen LogP) is 2.12. The molecule has 1 aromatic rings. The first-order chi connectivity index (χ1) is 9.97. The van der Waals surface area contributed by atoms with Gasteiger partial charge in [0.1, 0.15) is 5.82 Å². The van der Waals surface area contributed by atoms with Crippen LogP contribution < -0.4 is 10.6 Å². The van der Waals surface area contributed by atoms with Crippen molar-refractivity contribution in [2.75, 3.05) is 32.1 Å². The quantitative estimate of drug-likeness (QED) is 0.905. The molecule has 22 heavy (non-hydrogen) atoms. The standard InChI is InChI=1S/C16H22FN3O.ClH/c1-19(2)11-4-5-12(14(17)7-11)16(21)20-8-10-3-6-15(18)13(10)9-20;/h4-5,7,10,13,15H,3,6,8-9,18H2,1-2H3;1H. The Morgan fingerprint density at radius 3 is 2.64 bits per heavy atom. The van der Waals surface area contributed by atoms with Crippen LogP contribution in [-0.4, -0.2) is 44.0 Å². The molecule has 0 radical (unpaired) electrons. The highest BCUT2D eigenvalue weighted by Gasteiger charge is 2.42. The minimum absolute atomic E-state index is 0. The van der Waals surface area contributed by atoms with Gasteiger partial charge in [-0.15, -0.1) is 12.4 Å². The van der Waals surface area contributed by atoms with Gasteiger partial charge in [-0.2, -0.15) is 0 Å². The highest BCUT2D eigenvalue weighted by atomic mass is 35.5. The SMILES string of the molecule is CN(C)c1ccc(C(=O)N2CC3CCC(N)C3C2)c(F)c1.Cl. The normalized spacial score (nSPS) is 26.5. The molecule has 1 amide bonds. The zero-order valence-corrected chi connectivity index (χ0v) is 13.8. The molecule has 3 rings (SSSR count). The van der Waals surface area contributed by atoms with E-state index in [9.17, 15) is 9.18 Å². The van der Waals surface area contributed by atoms with Gasteiger partial charge in [0.15, 0.2) is 0 Å². The van der Waals surface area contributed by atoms with Crippen molar-refractivity contribution in [1.29, 1.82) is 0 Å². The van der Waals surface area contributed by atoms with Gasteiger partial charge in [0.2, 0.25) is 0 Å². The molecule has 1 aliphatic carbocycles. The number of nitrogens with zero attached hydrogens (tertiary/aromatic N) is 2. The van der Waals surface area contributed by atoms with Gasteiger partial charge in [-0.3, -0.25) is 4.79 Å². The summed E-state index contributed by atoms with van der Waals surface area (Å²) >= 11 is 0. The molecule has 1 heterocycles. The van der Waals surface area contributed by atoms with E-state index in [1.54, 1.807) is 17.0 Å². The molecule has 2 fully saturated rings. The average molecular weight is 328 g/mol. The zero-order valence-electron chi connectivity index (χ0n) is 13.0. The Bertz CT molecular complexity index is 566. The van der Waals surface area contributed by atoms with Crippen molar-refractivity contribution in [3.8, 4) is 0 Å². The molecule has 2 N–H and O–H groups in total. The lowest BCUT2D eigenvalue weighted by Gasteiger charge is -2.20. The van der Waals surface area contributed by atoms with E-state index in [4.69, 9.17) is 5.73 Å². The summed E-state index contributed by atoms with van der Waals surface area (Å²) in [4.78, 5) is 16.1. The number of benzene rings is 1. The third-order valence-corrected chi connectivity index (χ3v) is 4.90. The Morgan fingerprint density at radius 2 is 2.05 bits per heavy atom. The molecular formula is C16H23ClFN3O.